The van der Waals surface area contributed by atoms with Crippen LogP contribution in [0, 0.1) is 0 Å². The van der Waals surface area contributed by atoms with E-state index in [1.807, 2.05) is 0 Å². The number of rotatable bonds is 3. The maximum atomic E-state index is 12.7. The number of alkyl halides is 3. The Labute approximate surface area is 140 Å². The molecule has 0 amide bonds. The summed E-state index contributed by atoms with van der Waals surface area (Å²) in [5.41, 5.74) is 0.745. The summed E-state index contributed by atoms with van der Waals surface area (Å²) in [6.45, 7) is 0. The van der Waals surface area contributed by atoms with Gasteiger partial charge in [0.2, 0.25) is 5.95 Å². The number of hydrogen-bond acceptors (Lipinski definition) is 4. The number of benzene rings is 1. The second kappa shape index (κ2) is 6.39. The Morgan fingerprint density at radius 1 is 1.08 bits per heavy atom. The molecule has 25 heavy (non-hydrogen) atoms. The van der Waals surface area contributed by atoms with Crippen LogP contribution in [-0.4, -0.2) is 14.5 Å². The van der Waals surface area contributed by atoms with Crippen molar-refractivity contribution in [2.24, 2.45) is 7.05 Å². The van der Waals surface area contributed by atoms with E-state index >= 15 is 0 Å². The van der Waals surface area contributed by atoms with Crippen LogP contribution in [0.3, 0.4) is 0 Å². The van der Waals surface area contributed by atoms with Gasteiger partial charge in [0.25, 0.3) is 5.56 Å². The van der Waals surface area contributed by atoms with Crippen molar-refractivity contribution in [2.75, 3.05) is 5.32 Å². The molecule has 0 aliphatic heterocycles. The molecule has 3 rings (SSSR count). The first-order valence-corrected chi connectivity index (χ1v) is 7.28. The fourth-order valence-electron chi connectivity index (χ4n) is 2.32. The van der Waals surface area contributed by atoms with Crippen molar-refractivity contribution >= 4 is 11.6 Å². The second-order valence-corrected chi connectivity index (χ2v) is 5.28. The predicted molar refractivity (Wildman–Crippen MR) is 87.4 cm³/mol. The van der Waals surface area contributed by atoms with E-state index in [-0.39, 0.29) is 11.5 Å². The molecule has 0 unspecified atom stereocenters. The second-order valence-electron chi connectivity index (χ2n) is 5.28. The quantitative estimate of drug-likeness (QED) is 0.787. The van der Waals surface area contributed by atoms with Crippen LogP contribution in [0.25, 0.3) is 11.3 Å². The first-order chi connectivity index (χ1) is 11.8. The highest BCUT2D eigenvalue weighted by atomic mass is 19.4. The van der Waals surface area contributed by atoms with E-state index in [0.29, 0.717) is 11.4 Å². The average Bonchev–Trinajstić information content (AvgIpc) is 2.57. The van der Waals surface area contributed by atoms with Crippen LogP contribution in [0.5, 0.6) is 0 Å². The molecule has 0 aliphatic rings. The van der Waals surface area contributed by atoms with Crippen molar-refractivity contribution in [1.29, 1.82) is 0 Å². The number of halogens is 3. The molecule has 2 aromatic heterocycles. The zero-order valence-electron chi connectivity index (χ0n) is 13.1. The first kappa shape index (κ1) is 16.7. The third-order valence-corrected chi connectivity index (χ3v) is 3.55. The summed E-state index contributed by atoms with van der Waals surface area (Å²) in [4.78, 5) is 19.0. The summed E-state index contributed by atoms with van der Waals surface area (Å²) in [5, 5.41) is 2.75. The van der Waals surface area contributed by atoms with Gasteiger partial charge in [-0.25, -0.2) is 9.97 Å². The molecule has 0 saturated carbocycles. The number of anilines is 2. The molecule has 0 spiro atoms. The molecule has 0 saturated heterocycles. The van der Waals surface area contributed by atoms with Gasteiger partial charge in [-0.3, -0.25) is 4.79 Å². The molecule has 0 fully saturated rings. The summed E-state index contributed by atoms with van der Waals surface area (Å²) in [6.07, 6.45) is -3.49. The summed E-state index contributed by atoms with van der Waals surface area (Å²) < 4.78 is 39.7. The highest BCUT2D eigenvalue weighted by molar-refractivity contribution is 5.67. The van der Waals surface area contributed by atoms with Crippen LogP contribution in [0.4, 0.5) is 24.8 Å². The molecule has 0 radical (unpaired) electrons. The maximum absolute atomic E-state index is 12.7. The van der Waals surface area contributed by atoms with Crippen LogP contribution in [0.15, 0.2) is 59.5 Å². The van der Waals surface area contributed by atoms with Gasteiger partial charge in [0.1, 0.15) is 5.69 Å². The number of pyridine rings is 1. The summed E-state index contributed by atoms with van der Waals surface area (Å²) in [5.74, 6) is -0.158. The number of nitrogens with one attached hydrogen (secondary N) is 1. The normalized spacial score (nSPS) is 11.4. The fourth-order valence-corrected chi connectivity index (χ4v) is 2.32. The van der Waals surface area contributed by atoms with Crippen molar-refractivity contribution in [2.45, 2.75) is 6.18 Å². The van der Waals surface area contributed by atoms with Crippen molar-refractivity contribution in [3.05, 3.63) is 70.8 Å². The standard InChI is InChI=1S/C17H13F3N4O/c1-24-13(6-3-7-15(24)25)11-4-2-5-12(10-11)22-16-21-9-8-14(23-16)17(18,19)20/h2-10H,1H3,(H,21,22,23). The van der Waals surface area contributed by atoms with Crippen LogP contribution in [-0.2, 0) is 13.2 Å². The maximum Gasteiger partial charge on any atom is 0.433 e. The van der Waals surface area contributed by atoms with E-state index in [1.54, 1.807) is 43.4 Å². The van der Waals surface area contributed by atoms with Crippen molar-refractivity contribution in [3.8, 4) is 11.3 Å². The number of hydrogen-bond donors (Lipinski definition) is 1. The lowest BCUT2D eigenvalue weighted by molar-refractivity contribution is -0.141. The number of aromatic nitrogens is 3. The topological polar surface area (TPSA) is 59.8 Å². The van der Waals surface area contributed by atoms with E-state index in [2.05, 4.69) is 15.3 Å². The highest BCUT2D eigenvalue weighted by Crippen LogP contribution is 2.28. The van der Waals surface area contributed by atoms with Gasteiger partial charge in [0.15, 0.2) is 0 Å². The summed E-state index contributed by atoms with van der Waals surface area (Å²) in [7, 11) is 1.65. The minimum atomic E-state index is -4.54. The van der Waals surface area contributed by atoms with E-state index in [4.69, 9.17) is 0 Å². The largest absolute Gasteiger partial charge is 0.433 e. The van der Waals surface area contributed by atoms with E-state index in [9.17, 15) is 18.0 Å². The average molecular weight is 346 g/mol. The number of nitrogens with zero attached hydrogens (tertiary/aromatic N) is 3. The van der Waals surface area contributed by atoms with Gasteiger partial charge < -0.3 is 9.88 Å². The van der Waals surface area contributed by atoms with E-state index in [1.165, 1.54) is 10.6 Å². The van der Waals surface area contributed by atoms with Gasteiger partial charge in [-0.1, -0.05) is 18.2 Å². The minimum Gasteiger partial charge on any atom is -0.324 e. The Bertz CT molecular complexity index is 966. The molecule has 3 aromatic rings. The molecule has 8 heteroatoms. The molecule has 2 heterocycles. The van der Waals surface area contributed by atoms with Crippen LogP contribution in [0.1, 0.15) is 5.69 Å². The smallest absolute Gasteiger partial charge is 0.324 e. The molecule has 1 aromatic carbocycles. The highest BCUT2D eigenvalue weighted by Gasteiger charge is 2.32. The third kappa shape index (κ3) is 3.68. The van der Waals surface area contributed by atoms with Gasteiger partial charge >= 0.3 is 6.18 Å². The lowest BCUT2D eigenvalue weighted by atomic mass is 10.1. The van der Waals surface area contributed by atoms with E-state index in [0.717, 1.165) is 17.8 Å². The zero-order chi connectivity index (χ0) is 18.0. The third-order valence-electron chi connectivity index (χ3n) is 3.55. The zero-order valence-corrected chi connectivity index (χ0v) is 13.1. The Hall–Kier alpha value is -3.16. The first-order valence-electron chi connectivity index (χ1n) is 7.28. The Balaban J connectivity index is 1.93. The molecule has 128 valence electrons. The molecule has 0 aliphatic carbocycles. The summed E-state index contributed by atoms with van der Waals surface area (Å²) in [6, 6.07) is 12.6. The van der Waals surface area contributed by atoms with Crippen molar-refractivity contribution in [1.82, 2.24) is 14.5 Å². The van der Waals surface area contributed by atoms with Gasteiger partial charge in [-0.15, -0.1) is 0 Å². The molecule has 0 atom stereocenters. The lowest BCUT2D eigenvalue weighted by Gasteiger charge is -2.11. The fraction of sp³-hybridized carbons (Fsp3) is 0.118. The molecule has 1 N–H and O–H groups in total. The Kier molecular flexibility index (Phi) is 4.26. The Morgan fingerprint density at radius 2 is 1.84 bits per heavy atom. The van der Waals surface area contributed by atoms with Gasteiger partial charge in [-0.05, 0) is 24.3 Å². The van der Waals surface area contributed by atoms with Crippen LogP contribution >= 0.6 is 0 Å². The molecule has 0 bridgehead atoms. The minimum absolute atomic E-state index is 0.155. The van der Waals surface area contributed by atoms with Crippen LogP contribution < -0.4 is 10.9 Å². The SMILES string of the molecule is Cn1c(-c2cccc(Nc3nccc(C(F)(F)F)n3)c2)cccc1=O. The monoisotopic (exact) mass is 346 g/mol. The molecular formula is C17H13F3N4O. The van der Waals surface area contributed by atoms with Gasteiger partial charge in [0, 0.05) is 30.6 Å². The van der Waals surface area contributed by atoms with Crippen molar-refractivity contribution < 1.29 is 13.2 Å². The van der Waals surface area contributed by atoms with Gasteiger partial charge in [0.05, 0.1) is 5.69 Å². The molecular weight excluding hydrogens is 333 g/mol. The van der Waals surface area contributed by atoms with Gasteiger partial charge in [-0.2, -0.15) is 13.2 Å². The Morgan fingerprint density at radius 3 is 2.60 bits per heavy atom. The summed E-state index contributed by atoms with van der Waals surface area (Å²) >= 11 is 0. The van der Waals surface area contributed by atoms with Crippen molar-refractivity contribution in [3.63, 3.8) is 0 Å². The van der Waals surface area contributed by atoms with E-state index < -0.39 is 11.9 Å². The lowest BCUT2D eigenvalue weighted by Crippen LogP contribution is -2.16. The predicted octanol–water partition coefficient (Wildman–Crippen LogP) is 3.60. The molecule has 5 nitrogen and oxygen atoms in total. The van der Waals surface area contributed by atoms with Crippen LogP contribution in [0.2, 0.25) is 0 Å².